The van der Waals surface area contributed by atoms with Crippen molar-refractivity contribution >= 4 is 41.1 Å². The van der Waals surface area contributed by atoms with Crippen molar-refractivity contribution < 1.29 is 14.7 Å². The molecular weight excluding hydrogens is 312 g/mol. The maximum atomic E-state index is 11.9. The summed E-state index contributed by atoms with van der Waals surface area (Å²) in [6, 6.07) is 4.24. The number of benzene rings is 1. The molecule has 1 aromatic rings. The number of hydrogen-bond donors (Lipinski definition) is 3. The first-order valence-corrected chi connectivity index (χ1v) is 8.29. The molecule has 2 atom stereocenters. The van der Waals surface area contributed by atoms with Gasteiger partial charge in [0.2, 0.25) is 0 Å². The summed E-state index contributed by atoms with van der Waals surface area (Å²) < 4.78 is 0. The molecule has 0 aromatic heterocycles. The molecule has 0 radical (unpaired) electrons. The lowest BCUT2D eigenvalue weighted by atomic mass is 10.2. The Morgan fingerprint density at radius 3 is 2.76 bits per heavy atom. The van der Waals surface area contributed by atoms with Crippen LogP contribution in [-0.2, 0) is 0 Å². The minimum atomic E-state index is -1.12. The van der Waals surface area contributed by atoms with Gasteiger partial charge in [-0.25, -0.2) is 9.59 Å². The molecule has 1 aliphatic carbocycles. The van der Waals surface area contributed by atoms with Crippen LogP contribution in [0.3, 0.4) is 0 Å². The van der Waals surface area contributed by atoms with E-state index >= 15 is 0 Å². The van der Waals surface area contributed by atoms with Crippen molar-refractivity contribution in [2.24, 2.45) is 0 Å². The van der Waals surface area contributed by atoms with Crippen LogP contribution in [0.4, 0.5) is 10.5 Å². The van der Waals surface area contributed by atoms with Crippen LogP contribution < -0.4 is 10.6 Å². The van der Waals surface area contributed by atoms with E-state index in [0.29, 0.717) is 10.9 Å². The minimum absolute atomic E-state index is 0.0298. The second-order valence-electron chi connectivity index (χ2n) is 4.97. The molecule has 1 aromatic carbocycles. The monoisotopic (exact) mass is 328 g/mol. The quantitative estimate of drug-likeness (QED) is 0.791. The van der Waals surface area contributed by atoms with E-state index in [-0.39, 0.29) is 22.7 Å². The second-order valence-corrected chi connectivity index (χ2v) is 6.51. The van der Waals surface area contributed by atoms with Crippen molar-refractivity contribution in [1.82, 2.24) is 5.32 Å². The van der Waals surface area contributed by atoms with E-state index in [4.69, 9.17) is 16.7 Å². The Bertz CT molecular complexity index is 553. The first-order chi connectivity index (χ1) is 9.99. The first-order valence-electron chi connectivity index (χ1n) is 6.62. The van der Waals surface area contributed by atoms with Crippen molar-refractivity contribution in [3.8, 4) is 0 Å². The summed E-state index contributed by atoms with van der Waals surface area (Å²) in [5.74, 6) is -1.12. The summed E-state index contributed by atoms with van der Waals surface area (Å²) >= 11 is 7.61. The smallest absolute Gasteiger partial charge is 0.337 e. The zero-order valence-corrected chi connectivity index (χ0v) is 13.1. The summed E-state index contributed by atoms with van der Waals surface area (Å²) in [7, 11) is 0. The zero-order valence-electron chi connectivity index (χ0n) is 11.6. The number of thioether (sulfide) groups is 1. The molecule has 114 valence electrons. The predicted octanol–water partition coefficient (Wildman–Crippen LogP) is 3.44. The van der Waals surface area contributed by atoms with Crippen LogP contribution in [0.1, 0.15) is 29.6 Å². The highest BCUT2D eigenvalue weighted by molar-refractivity contribution is 7.99. The molecule has 5 nitrogen and oxygen atoms in total. The molecule has 0 aliphatic heterocycles. The molecule has 0 bridgehead atoms. The number of carboxylic acids is 1. The Hall–Kier alpha value is -1.40. The Balaban J connectivity index is 1.94. The SMILES string of the molecule is CSC1CCC(NC(=O)Nc2ccc(Cl)c(C(=O)O)c2)C1. The van der Waals surface area contributed by atoms with Gasteiger partial charge in [0.05, 0.1) is 10.6 Å². The Labute approximate surface area is 132 Å². The molecule has 1 saturated carbocycles. The van der Waals surface area contributed by atoms with Crippen LogP contribution in [0.25, 0.3) is 0 Å². The number of halogens is 1. The molecule has 7 heteroatoms. The largest absolute Gasteiger partial charge is 0.478 e. The number of rotatable bonds is 4. The predicted molar refractivity (Wildman–Crippen MR) is 85.5 cm³/mol. The number of carboxylic acid groups (broad SMARTS) is 1. The lowest BCUT2D eigenvalue weighted by Gasteiger charge is -2.14. The summed E-state index contributed by atoms with van der Waals surface area (Å²) in [6.45, 7) is 0. The van der Waals surface area contributed by atoms with Crippen LogP contribution in [-0.4, -0.2) is 34.7 Å². The number of anilines is 1. The van der Waals surface area contributed by atoms with E-state index in [0.717, 1.165) is 19.3 Å². The number of nitrogens with one attached hydrogen (secondary N) is 2. The summed E-state index contributed by atoms with van der Waals surface area (Å²) in [6.07, 6.45) is 5.12. The fraction of sp³-hybridized carbons (Fsp3) is 0.429. The molecule has 0 spiro atoms. The third-order valence-electron chi connectivity index (χ3n) is 3.51. The first kappa shape index (κ1) is 16.0. The molecule has 1 fully saturated rings. The number of carbonyl (C=O) groups is 2. The molecule has 2 amide bonds. The van der Waals surface area contributed by atoms with Crippen molar-refractivity contribution in [3.63, 3.8) is 0 Å². The highest BCUT2D eigenvalue weighted by Gasteiger charge is 2.25. The van der Waals surface area contributed by atoms with Crippen molar-refractivity contribution in [3.05, 3.63) is 28.8 Å². The van der Waals surface area contributed by atoms with E-state index in [1.165, 1.54) is 12.1 Å². The topological polar surface area (TPSA) is 78.4 Å². The van der Waals surface area contributed by atoms with Crippen LogP contribution in [0.15, 0.2) is 18.2 Å². The van der Waals surface area contributed by atoms with Gasteiger partial charge in [-0.3, -0.25) is 0 Å². The Morgan fingerprint density at radius 1 is 1.38 bits per heavy atom. The number of aromatic carboxylic acids is 1. The molecule has 21 heavy (non-hydrogen) atoms. The van der Waals surface area contributed by atoms with E-state index in [1.54, 1.807) is 6.07 Å². The highest BCUT2D eigenvalue weighted by Crippen LogP contribution is 2.28. The number of hydrogen-bond acceptors (Lipinski definition) is 3. The standard InChI is InChI=1S/C14H17ClN2O3S/c1-21-10-4-2-8(6-10)16-14(20)17-9-3-5-12(15)11(7-9)13(18)19/h3,5,7-8,10H,2,4,6H2,1H3,(H,18,19)(H2,16,17,20). The second kappa shape index (κ2) is 7.04. The van der Waals surface area contributed by atoms with Gasteiger partial charge >= 0.3 is 12.0 Å². The van der Waals surface area contributed by atoms with Crippen LogP contribution in [0, 0.1) is 0 Å². The number of urea groups is 1. The lowest BCUT2D eigenvalue weighted by Crippen LogP contribution is -2.36. The summed E-state index contributed by atoms with van der Waals surface area (Å²) in [5, 5.41) is 15.3. The maximum absolute atomic E-state index is 11.9. The van der Waals surface area contributed by atoms with Crippen LogP contribution in [0.2, 0.25) is 5.02 Å². The van der Waals surface area contributed by atoms with Crippen LogP contribution in [0.5, 0.6) is 0 Å². The zero-order chi connectivity index (χ0) is 15.4. The van der Waals surface area contributed by atoms with Gasteiger partial charge in [-0.15, -0.1) is 0 Å². The highest BCUT2D eigenvalue weighted by atomic mass is 35.5. The fourth-order valence-corrected chi connectivity index (χ4v) is 3.40. The van der Waals surface area contributed by atoms with Gasteiger partial charge < -0.3 is 15.7 Å². The van der Waals surface area contributed by atoms with Gasteiger partial charge in [-0.1, -0.05) is 11.6 Å². The van der Waals surface area contributed by atoms with Gasteiger partial charge in [0.15, 0.2) is 0 Å². The minimum Gasteiger partial charge on any atom is -0.478 e. The molecule has 2 rings (SSSR count). The average Bonchev–Trinajstić information content (AvgIpc) is 2.88. The molecule has 3 N–H and O–H groups in total. The Morgan fingerprint density at radius 2 is 2.14 bits per heavy atom. The van der Waals surface area contributed by atoms with E-state index in [9.17, 15) is 9.59 Å². The number of carbonyl (C=O) groups excluding carboxylic acids is 1. The Kier molecular flexibility index (Phi) is 5.36. The van der Waals surface area contributed by atoms with Gasteiger partial charge in [-0.05, 0) is 43.7 Å². The van der Waals surface area contributed by atoms with E-state index in [2.05, 4.69) is 16.9 Å². The molecular formula is C14H17ClN2O3S. The maximum Gasteiger partial charge on any atom is 0.337 e. The molecule has 2 unspecified atom stereocenters. The van der Waals surface area contributed by atoms with Gasteiger partial charge in [-0.2, -0.15) is 11.8 Å². The molecule has 0 saturated heterocycles. The van der Waals surface area contributed by atoms with Crippen LogP contribution >= 0.6 is 23.4 Å². The summed E-state index contributed by atoms with van der Waals surface area (Å²) in [5.41, 5.74) is 0.381. The lowest BCUT2D eigenvalue weighted by molar-refractivity contribution is 0.0697. The fourth-order valence-electron chi connectivity index (χ4n) is 2.40. The molecule has 1 aliphatic rings. The number of amides is 2. The van der Waals surface area contributed by atoms with Gasteiger partial charge in [0, 0.05) is 17.0 Å². The third kappa shape index (κ3) is 4.28. The average molecular weight is 329 g/mol. The summed E-state index contributed by atoms with van der Waals surface area (Å²) in [4.78, 5) is 22.9. The van der Waals surface area contributed by atoms with E-state index in [1.807, 2.05) is 11.8 Å². The van der Waals surface area contributed by atoms with Crippen molar-refractivity contribution in [2.45, 2.75) is 30.6 Å². The van der Waals surface area contributed by atoms with Crippen molar-refractivity contribution in [2.75, 3.05) is 11.6 Å². The van der Waals surface area contributed by atoms with Gasteiger partial charge in [0.1, 0.15) is 0 Å². The third-order valence-corrected chi connectivity index (χ3v) is 4.93. The molecule has 0 heterocycles. The van der Waals surface area contributed by atoms with Crippen molar-refractivity contribution in [1.29, 1.82) is 0 Å². The van der Waals surface area contributed by atoms with E-state index < -0.39 is 5.97 Å². The van der Waals surface area contributed by atoms with Gasteiger partial charge in [0.25, 0.3) is 0 Å². The normalized spacial score (nSPS) is 21.0.